The van der Waals surface area contributed by atoms with Crippen LogP contribution in [0.5, 0.6) is 5.75 Å². The molecule has 22 heavy (non-hydrogen) atoms. The first-order valence-electron chi connectivity index (χ1n) is 6.84. The topological polar surface area (TPSA) is 45.7 Å². The van der Waals surface area contributed by atoms with E-state index in [-0.39, 0.29) is 29.7 Å². The molecular weight excluding hydrogens is 403 g/mol. The Morgan fingerprint density at radius 2 is 2.00 bits per heavy atom. The summed E-state index contributed by atoms with van der Waals surface area (Å²) in [5.74, 6) is 0.827. The third-order valence-corrected chi connectivity index (χ3v) is 3.21. The Hall–Kier alpha value is -1.38. The van der Waals surface area contributed by atoms with E-state index in [2.05, 4.69) is 32.5 Å². The van der Waals surface area contributed by atoms with Crippen LogP contribution in [0.4, 0.5) is 8.78 Å². The largest absolute Gasteiger partial charge is 0.434 e. The third kappa shape index (κ3) is 5.78. The maximum absolute atomic E-state index is 12.4. The molecular formula is C15H20F2IN3O. The predicted molar refractivity (Wildman–Crippen MR) is 94.0 cm³/mol. The quantitative estimate of drug-likeness (QED) is 0.331. The average Bonchev–Trinajstić information content (AvgIpc) is 2.97. The Labute approximate surface area is 146 Å². The summed E-state index contributed by atoms with van der Waals surface area (Å²) < 4.78 is 29.2. The molecule has 0 spiro atoms. The molecule has 0 fully saturated rings. The van der Waals surface area contributed by atoms with Gasteiger partial charge < -0.3 is 15.4 Å². The summed E-state index contributed by atoms with van der Waals surface area (Å²) in [5.41, 5.74) is 0.658. The van der Waals surface area contributed by atoms with Crippen LogP contribution in [0.2, 0.25) is 0 Å². The van der Waals surface area contributed by atoms with Gasteiger partial charge >= 0.3 is 6.61 Å². The molecule has 0 saturated carbocycles. The highest BCUT2D eigenvalue weighted by Gasteiger charge is 2.13. The fraction of sp³-hybridized carbons (Fsp3) is 0.400. The fourth-order valence-corrected chi connectivity index (χ4v) is 2.16. The first-order chi connectivity index (χ1) is 10.2. The molecule has 1 aliphatic rings. The number of aliphatic imine (C=N–C) groups is 1. The highest BCUT2D eigenvalue weighted by molar-refractivity contribution is 14.0. The second-order valence-corrected chi connectivity index (χ2v) is 4.70. The average molecular weight is 423 g/mol. The van der Waals surface area contributed by atoms with Crippen LogP contribution in [-0.4, -0.2) is 25.7 Å². The van der Waals surface area contributed by atoms with Crippen LogP contribution >= 0.6 is 24.0 Å². The zero-order valence-corrected chi connectivity index (χ0v) is 14.6. The number of halogens is 3. The van der Waals surface area contributed by atoms with Crippen molar-refractivity contribution in [2.75, 3.05) is 7.05 Å². The van der Waals surface area contributed by atoms with E-state index in [9.17, 15) is 8.78 Å². The van der Waals surface area contributed by atoms with E-state index in [4.69, 9.17) is 0 Å². The van der Waals surface area contributed by atoms with Gasteiger partial charge in [-0.15, -0.1) is 24.0 Å². The first-order valence-corrected chi connectivity index (χ1v) is 6.84. The van der Waals surface area contributed by atoms with E-state index in [1.54, 1.807) is 25.2 Å². The summed E-state index contributed by atoms with van der Waals surface area (Å²) in [7, 11) is 1.68. The van der Waals surface area contributed by atoms with E-state index < -0.39 is 6.61 Å². The Kier molecular flexibility index (Phi) is 8.15. The SMILES string of the molecule is CN=C(NCc1ccccc1OC(F)F)NC1CC=CC1.I. The molecule has 0 radical (unpaired) electrons. The number of para-hydroxylation sites is 1. The normalized spacial score (nSPS) is 14.8. The van der Waals surface area contributed by atoms with E-state index >= 15 is 0 Å². The molecule has 1 aromatic rings. The molecule has 0 aromatic heterocycles. The Bertz CT molecular complexity index is 515. The van der Waals surface area contributed by atoms with Gasteiger partial charge in [0.15, 0.2) is 5.96 Å². The number of alkyl halides is 2. The van der Waals surface area contributed by atoms with E-state index in [0.29, 0.717) is 24.1 Å². The molecule has 0 unspecified atom stereocenters. The minimum atomic E-state index is -2.83. The van der Waals surface area contributed by atoms with Gasteiger partial charge in [0.2, 0.25) is 0 Å². The lowest BCUT2D eigenvalue weighted by Crippen LogP contribution is -2.42. The molecule has 4 nitrogen and oxygen atoms in total. The van der Waals surface area contributed by atoms with Crippen LogP contribution in [-0.2, 0) is 6.54 Å². The third-order valence-electron chi connectivity index (χ3n) is 3.21. The molecule has 1 aromatic carbocycles. The summed E-state index contributed by atoms with van der Waals surface area (Å²) in [6.45, 7) is -2.46. The number of guanidine groups is 1. The lowest BCUT2D eigenvalue weighted by Gasteiger charge is -2.18. The van der Waals surface area contributed by atoms with Crippen molar-refractivity contribution in [2.45, 2.75) is 32.0 Å². The molecule has 1 aliphatic carbocycles. The van der Waals surface area contributed by atoms with Crippen molar-refractivity contribution >= 4 is 29.9 Å². The lowest BCUT2D eigenvalue weighted by atomic mass is 10.2. The first kappa shape index (κ1) is 18.7. The van der Waals surface area contributed by atoms with Crippen molar-refractivity contribution in [3.8, 4) is 5.75 Å². The minimum absolute atomic E-state index is 0. The van der Waals surface area contributed by atoms with E-state index in [0.717, 1.165) is 12.8 Å². The highest BCUT2D eigenvalue weighted by Crippen LogP contribution is 2.19. The van der Waals surface area contributed by atoms with Crippen molar-refractivity contribution < 1.29 is 13.5 Å². The number of nitrogens with zero attached hydrogens (tertiary/aromatic N) is 1. The summed E-state index contributed by atoms with van der Waals surface area (Å²) in [6, 6.07) is 7.06. The van der Waals surface area contributed by atoms with Gasteiger partial charge in [-0.3, -0.25) is 4.99 Å². The van der Waals surface area contributed by atoms with Crippen molar-refractivity contribution in [3.05, 3.63) is 42.0 Å². The summed E-state index contributed by atoms with van der Waals surface area (Å²) in [5, 5.41) is 6.40. The number of rotatable bonds is 5. The fourth-order valence-electron chi connectivity index (χ4n) is 2.16. The van der Waals surface area contributed by atoms with Crippen molar-refractivity contribution in [1.29, 1.82) is 0 Å². The van der Waals surface area contributed by atoms with Crippen LogP contribution in [0, 0.1) is 0 Å². The van der Waals surface area contributed by atoms with E-state index in [1.807, 2.05) is 0 Å². The Morgan fingerprint density at radius 3 is 2.64 bits per heavy atom. The highest BCUT2D eigenvalue weighted by atomic mass is 127. The maximum atomic E-state index is 12.4. The zero-order chi connectivity index (χ0) is 15.1. The summed E-state index contributed by atoms with van der Waals surface area (Å²) in [6.07, 6.45) is 6.17. The molecule has 0 amide bonds. The van der Waals surface area contributed by atoms with Crippen LogP contribution in [0.15, 0.2) is 41.4 Å². The Balaban J connectivity index is 0.00000242. The second-order valence-electron chi connectivity index (χ2n) is 4.70. The van der Waals surface area contributed by atoms with E-state index in [1.165, 1.54) is 6.07 Å². The van der Waals surface area contributed by atoms with Crippen LogP contribution in [0.1, 0.15) is 18.4 Å². The number of ether oxygens (including phenoxy) is 1. The maximum Gasteiger partial charge on any atom is 0.387 e. The van der Waals surface area contributed by atoms with Gasteiger partial charge in [-0.2, -0.15) is 8.78 Å². The lowest BCUT2D eigenvalue weighted by molar-refractivity contribution is -0.0504. The van der Waals surface area contributed by atoms with Gasteiger partial charge in [0.25, 0.3) is 0 Å². The molecule has 2 rings (SSSR count). The van der Waals surface area contributed by atoms with Gasteiger partial charge in [0.1, 0.15) is 5.75 Å². The number of hydrogen-bond acceptors (Lipinski definition) is 2. The van der Waals surface area contributed by atoms with Gasteiger partial charge in [0, 0.05) is 25.2 Å². The zero-order valence-electron chi connectivity index (χ0n) is 12.3. The standard InChI is InChI=1S/C15H19F2N3O.HI/c1-18-15(20-12-7-3-4-8-12)19-10-11-6-2-5-9-13(11)21-14(16)17;/h2-6,9,12,14H,7-8,10H2,1H3,(H2,18,19,20);1H. The van der Waals surface area contributed by atoms with Crippen LogP contribution in [0.3, 0.4) is 0 Å². The molecule has 7 heteroatoms. The monoisotopic (exact) mass is 423 g/mol. The van der Waals surface area contributed by atoms with Gasteiger partial charge in [0.05, 0.1) is 0 Å². The number of hydrogen-bond donors (Lipinski definition) is 2. The summed E-state index contributed by atoms with van der Waals surface area (Å²) >= 11 is 0. The molecule has 0 heterocycles. The minimum Gasteiger partial charge on any atom is -0.434 e. The predicted octanol–water partition coefficient (Wildman–Crippen LogP) is 3.29. The van der Waals surface area contributed by atoms with Crippen LogP contribution in [0.25, 0.3) is 0 Å². The van der Waals surface area contributed by atoms with Gasteiger partial charge in [-0.25, -0.2) is 0 Å². The second kappa shape index (κ2) is 9.60. The summed E-state index contributed by atoms with van der Waals surface area (Å²) in [4.78, 5) is 4.13. The molecule has 0 aliphatic heterocycles. The molecule has 2 N–H and O–H groups in total. The smallest absolute Gasteiger partial charge is 0.387 e. The molecule has 0 saturated heterocycles. The van der Waals surface area contributed by atoms with Gasteiger partial charge in [-0.1, -0.05) is 30.4 Å². The van der Waals surface area contributed by atoms with Crippen molar-refractivity contribution in [3.63, 3.8) is 0 Å². The Morgan fingerprint density at radius 1 is 1.32 bits per heavy atom. The molecule has 0 atom stereocenters. The van der Waals surface area contributed by atoms with Crippen molar-refractivity contribution in [1.82, 2.24) is 10.6 Å². The van der Waals surface area contributed by atoms with Gasteiger partial charge in [-0.05, 0) is 18.9 Å². The van der Waals surface area contributed by atoms with Crippen molar-refractivity contribution in [2.24, 2.45) is 4.99 Å². The molecule has 0 bridgehead atoms. The molecule has 122 valence electrons. The number of nitrogens with one attached hydrogen (secondary N) is 2. The number of benzene rings is 1. The van der Waals surface area contributed by atoms with Crippen LogP contribution < -0.4 is 15.4 Å².